The summed E-state index contributed by atoms with van der Waals surface area (Å²) in [6, 6.07) is 2.86. The molecule has 7 heteroatoms. The van der Waals surface area contributed by atoms with Gasteiger partial charge in [-0.1, -0.05) is 18.2 Å². The molecule has 3 heterocycles. The first-order valence-corrected chi connectivity index (χ1v) is 8.53. The van der Waals surface area contributed by atoms with Gasteiger partial charge in [-0.15, -0.1) is 0 Å². The fraction of sp³-hybridized carbons (Fsp3) is 0.150. The first-order chi connectivity index (χ1) is 13.3. The molecule has 0 amide bonds. The minimum Gasteiger partial charge on any atom is -0.466 e. The summed E-state index contributed by atoms with van der Waals surface area (Å²) in [6.45, 7) is 0. The Labute approximate surface area is 155 Å². The maximum Gasteiger partial charge on any atom is 0.165 e. The van der Waals surface area contributed by atoms with Crippen LogP contribution in [0, 0.1) is 5.82 Å². The zero-order chi connectivity index (χ0) is 18.5. The van der Waals surface area contributed by atoms with Crippen LogP contribution in [-0.2, 0) is 9.47 Å². The van der Waals surface area contributed by atoms with Crippen LogP contribution in [0.1, 0.15) is 12.8 Å². The minimum absolute atomic E-state index is 0.242. The molecule has 136 valence electrons. The van der Waals surface area contributed by atoms with Crippen molar-refractivity contribution in [2.75, 3.05) is 5.32 Å². The van der Waals surface area contributed by atoms with Gasteiger partial charge in [0, 0.05) is 18.0 Å². The van der Waals surface area contributed by atoms with E-state index in [1.54, 1.807) is 18.5 Å². The number of pyridine rings is 1. The van der Waals surface area contributed by atoms with E-state index in [1.165, 1.54) is 24.8 Å². The van der Waals surface area contributed by atoms with Gasteiger partial charge in [0.15, 0.2) is 11.6 Å². The van der Waals surface area contributed by atoms with E-state index in [0.29, 0.717) is 23.0 Å². The van der Waals surface area contributed by atoms with E-state index in [9.17, 15) is 4.39 Å². The smallest absolute Gasteiger partial charge is 0.165 e. The van der Waals surface area contributed by atoms with Crippen molar-refractivity contribution in [3.63, 3.8) is 0 Å². The Kier molecular flexibility index (Phi) is 4.91. The van der Waals surface area contributed by atoms with Crippen LogP contribution in [0.25, 0.3) is 11.4 Å². The molecule has 0 aromatic carbocycles. The highest BCUT2D eigenvalue weighted by molar-refractivity contribution is 5.56. The number of ether oxygens (including phenoxy) is 2. The number of hydrogen-bond donors (Lipinski definition) is 1. The topological polar surface area (TPSA) is 69.2 Å². The van der Waals surface area contributed by atoms with E-state index in [1.807, 2.05) is 6.08 Å². The van der Waals surface area contributed by atoms with Gasteiger partial charge in [0.2, 0.25) is 0 Å². The molecular formula is C20H17FN4O2. The molecule has 1 atom stereocenters. The molecule has 1 unspecified atom stereocenters. The van der Waals surface area contributed by atoms with E-state index >= 15 is 0 Å². The Bertz CT molecular complexity index is 953. The lowest BCUT2D eigenvalue weighted by Gasteiger charge is -2.25. The fourth-order valence-electron chi connectivity index (χ4n) is 2.88. The van der Waals surface area contributed by atoms with Crippen LogP contribution in [0.15, 0.2) is 79.1 Å². The van der Waals surface area contributed by atoms with Gasteiger partial charge in [-0.2, -0.15) is 0 Å². The number of nitrogens with one attached hydrogen (secondary N) is 1. The molecule has 2 aromatic rings. The molecule has 0 bridgehead atoms. The average Bonchev–Trinajstić information content (AvgIpc) is 2.73. The summed E-state index contributed by atoms with van der Waals surface area (Å²) in [6.07, 6.45) is 16.9. The van der Waals surface area contributed by atoms with E-state index < -0.39 is 5.82 Å². The largest absolute Gasteiger partial charge is 0.466 e. The van der Waals surface area contributed by atoms with Gasteiger partial charge in [0.1, 0.15) is 36.5 Å². The van der Waals surface area contributed by atoms with Crippen LogP contribution >= 0.6 is 0 Å². The molecule has 1 aliphatic heterocycles. The monoisotopic (exact) mass is 364 g/mol. The van der Waals surface area contributed by atoms with Crippen LogP contribution < -0.4 is 5.32 Å². The van der Waals surface area contributed by atoms with Gasteiger partial charge in [-0.05, 0) is 30.5 Å². The third-order valence-corrected chi connectivity index (χ3v) is 4.13. The molecule has 2 aromatic heterocycles. The average molecular weight is 364 g/mol. The van der Waals surface area contributed by atoms with Crippen molar-refractivity contribution in [3.05, 3.63) is 84.9 Å². The quantitative estimate of drug-likeness (QED) is 0.862. The lowest BCUT2D eigenvalue weighted by molar-refractivity contribution is 0.245. The highest BCUT2D eigenvalue weighted by Gasteiger charge is 2.23. The molecule has 0 radical (unpaired) electrons. The zero-order valence-electron chi connectivity index (χ0n) is 14.4. The second kappa shape index (κ2) is 7.82. The lowest BCUT2D eigenvalue weighted by atomic mass is 9.96. The van der Waals surface area contributed by atoms with E-state index in [4.69, 9.17) is 9.47 Å². The summed E-state index contributed by atoms with van der Waals surface area (Å²) in [5, 5.41) is 3.37. The highest BCUT2D eigenvalue weighted by atomic mass is 19.1. The summed E-state index contributed by atoms with van der Waals surface area (Å²) in [5.74, 6) is 1.17. The number of nitrogens with zero attached hydrogens (tertiary/aromatic N) is 3. The number of halogens is 1. The first-order valence-electron chi connectivity index (χ1n) is 8.53. The van der Waals surface area contributed by atoms with Crippen molar-refractivity contribution >= 4 is 5.82 Å². The molecule has 6 nitrogen and oxygen atoms in total. The highest BCUT2D eigenvalue weighted by Crippen LogP contribution is 2.26. The Balaban J connectivity index is 1.63. The van der Waals surface area contributed by atoms with Gasteiger partial charge in [0.05, 0.1) is 6.20 Å². The SMILES string of the molecule is Fc1cncc(-c2nccc(NC(C3=CC=CCC3)C3=COC=CO3)n2)c1. The first kappa shape index (κ1) is 17.0. The van der Waals surface area contributed by atoms with Gasteiger partial charge in [0.25, 0.3) is 0 Å². The van der Waals surface area contributed by atoms with Crippen molar-refractivity contribution in [1.82, 2.24) is 15.0 Å². The standard InChI is InChI=1S/C20H17FN4O2/c21-16-10-15(11-22-12-16)20-23-7-6-18(25-20)24-19(14-4-2-1-3-5-14)17-13-26-8-9-27-17/h1-2,4,6-13,19H,3,5H2,(H,23,24,25). The number of allylic oxidation sites excluding steroid dienone is 3. The number of aromatic nitrogens is 3. The lowest BCUT2D eigenvalue weighted by Crippen LogP contribution is -2.27. The van der Waals surface area contributed by atoms with Crippen molar-refractivity contribution in [3.8, 4) is 11.4 Å². The second-order valence-electron chi connectivity index (χ2n) is 5.99. The predicted octanol–water partition coefficient (Wildman–Crippen LogP) is 4.09. The van der Waals surface area contributed by atoms with Crippen molar-refractivity contribution in [1.29, 1.82) is 0 Å². The number of anilines is 1. The summed E-state index contributed by atoms with van der Waals surface area (Å²) in [5.41, 5.74) is 1.66. The normalized spacial score (nSPS) is 16.6. The summed E-state index contributed by atoms with van der Waals surface area (Å²) in [7, 11) is 0. The van der Waals surface area contributed by atoms with Crippen molar-refractivity contribution in [2.45, 2.75) is 18.9 Å². The van der Waals surface area contributed by atoms with E-state index in [2.05, 4.69) is 32.4 Å². The summed E-state index contributed by atoms with van der Waals surface area (Å²) in [4.78, 5) is 12.6. The Morgan fingerprint density at radius 1 is 1.22 bits per heavy atom. The molecule has 27 heavy (non-hydrogen) atoms. The molecule has 0 saturated carbocycles. The summed E-state index contributed by atoms with van der Waals surface area (Å²) >= 11 is 0. The predicted molar refractivity (Wildman–Crippen MR) is 98.5 cm³/mol. The van der Waals surface area contributed by atoms with E-state index in [-0.39, 0.29) is 6.04 Å². The summed E-state index contributed by atoms with van der Waals surface area (Å²) < 4.78 is 24.3. The van der Waals surface area contributed by atoms with Gasteiger partial charge in [-0.3, -0.25) is 4.98 Å². The molecule has 0 spiro atoms. The number of rotatable bonds is 5. The van der Waals surface area contributed by atoms with Crippen LogP contribution in [-0.4, -0.2) is 21.0 Å². The minimum atomic E-state index is -0.434. The molecule has 0 fully saturated rings. The van der Waals surface area contributed by atoms with Crippen molar-refractivity contribution < 1.29 is 13.9 Å². The van der Waals surface area contributed by atoms with Gasteiger partial charge in [-0.25, -0.2) is 14.4 Å². The van der Waals surface area contributed by atoms with Crippen LogP contribution in [0.2, 0.25) is 0 Å². The molecular weight excluding hydrogens is 347 g/mol. The fourth-order valence-corrected chi connectivity index (χ4v) is 2.88. The third-order valence-electron chi connectivity index (χ3n) is 4.13. The molecule has 1 N–H and O–H groups in total. The second-order valence-corrected chi connectivity index (χ2v) is 5.99. The van der Waals surface area contributed by atoms with E-state index in [0.717, 1.165) is 24.6 Å². The Morgan fingerprint density at radius 3 is 2.96 bits per heavy atom. The Hall–Kier alpha value is -3.48. The molecule has 4 rings (SSSR count). The maximum absolute atomic E-state index is 13.5. The van der Waals surface area contributed by atoms with Crippen LogP contribution in [0.3, 0.4) is 0 Å². The van der Waals surface area contributed by atoms with Crippen LogP contribution in [0.5, 0.6) is 0 Å². The molecule has 0 saturated heterocycles. The molecule has 1 aliphatic carbocycles. The van der Waals surface area contributed by atoms with Gasteiger partial charge < -0.3 is 14.8 Å². The van der Waals surface area contributed by atoms with Crippen molar-refractivity contribution in [2.24, 2.45) is 0 Å². The van der Waals surface area contributed by atoms with Gasteiger partial charge >= 0.3 is 0 Å². The maximum atomic E-state index is 13.5. The molecule has 2 aliphatic rings. The third kappa shape index (κ3) is 4.03. The van der Waals surface area contributed by atoms with Crippen LogP contribution in [0.4, 0.5) is 10.2 Å². The Morgan fingerprint density at radius 2 is 2.19 bits per heavy atom. The zero-order valence-corrected chi connectivity index (χ0v) is 14.4. The number of hydrogen-bond acceptors (Lipinski definition) is 6.